The first-order chi connectivity index (χ1) is 10.2. The highest BCUT2D eigenvalue weighted by molar-refractivity contribution is 6.05. The van der Waals surface area contributed by atoms with Gasteiger partial charge in [-0.15, -0.1) is 0 Å². The molecule has 0 aliphatic carbocycles. The van der Waals surface area contributed by atoms with E-state index in [-0.39, 0.29) is 11.3 Å². The lowest BCUT2D eigenvalue weighted by molar-refractivity contribution is -0.141. The zero-order valence-corrected chi connectivity index (χ0v) is 11.2. The molecule has 116 valence electrons. The van der Waals surface area contributed by atoms with Gasteiger partial charge in [0.2, 0.25) is 0 Å². The summed E-state index contributed by atoms with van der Waals surface area (Å²) in [5, 5.41) is 14.3. The van der Waals surface area contributed by atoms with Gasteiger partial charge in [0.1, 0.15) is 0 Å². The third-order valence-corrected chi connectivity index (χ3v) is 2.71. The number of alkyl halides is 3. The molecule has 0 saturated heterocycles. The molecule has 0 spiro atoms. The van der Waals surface area contributed by atoms with Gasteiger partial charge in [0.05, 0.1) is 11.1 Å². The van der Waals surface area contributed by atoms with Crippen LogP contribution in [0.1, 0.15) is 26.4 Å². The van der Waals surface area contributed by atoms with Gasteiger partial charge in [0, 0.05) is 18.9 Å². The van der Waals surface area contributed by atoms with E-state index in [0.29, 0.717) is 0 Å². The number of carbonyl (C=O) groups is 2. The van der Waals surface area contributed by atoms with Gasteiger partial charge in [-0.25, -0.2) is 4.79 Å². The van der Waals surface area contributed by atoms with E-state index in [9.17, 15) is 22.8 Å². The van der Waals surface area contributed by atoms with Crippen LogP contribution in [0.4, 0.5) is 18.9 Å². The lowest BCUT2D eigenvalue weighted by atomic mass is 10.2. The van der Waals surface area contributed by atoms with Crippen molar-refractivity contribution in [1.82, 2.24) is 9.78 Å². The van der Waals surface area contributed by atoms with Crippen LogP contribution in [0.15, 0.2) is 30.5 Å². The average molecular weight is 313 g/mol. The SMILES string of the molecule is Cn1cc(C(=O)Nc2cccc(C(=O)O)c2)c(C(F)(F)F)n1. The highest BCUT2D eigenvalue weighted by atomic mass is 19.4. The van der Waals surface area contributed by atoms with Crippen molar-refractivity contribution in [2.75, 3.05) is 5.32 Å². The van der Waals surface area contributed by atoms with Gasteiger partial charge in [-0.1, -0.05) is 6.07 Å². The van der Waals surface area contributed by atoms with Crippen molar-refractivity contribution in [3.63, 3.8) is 0 Å². The van der Waals surface area contributed by atoms with Gasteiger partial charge in [-0.2, -0.15) is 18.3 Å². The minimum absolute atomic E-state index is 0.0712. The van der Waals surface area contributed by atoms with Gasteiger partial charge in [0.15, 0.2) is 5.69 Å². The third-order valence-electron chi connectivity index (χ3n) is 2.71. The van der Waals surface area contributed by atoms with Crippen LogP contribution >= 0.6 is 0 Å². The molecule has 2 N–H and O–H groups in total. The smallest absolute Gasteiger partial charge is 0.435 e. The summed E-state index contributed by atoms with van der Waals surface area (Å²) in [4.78, 5) is 22.8. The molecule has 0 unspecified atom stereocenters. The summed E-state index contributed by atoms with van der Waals surface area (Å²) < 4.78 is 39.3. The maximum absolute atomic E-state index is 12.8. The number of carboxylic acid groups (broad SMARTS) is 1. The molecule has 1 aromatic carbocycles. The van der Waals surface area contributed by atoms with E-state index >= 15 is 0 Å². The summed E-state index contributed by atoms with van der Waals surface area (Å²) in [6, 6.07) is 5.17. The molecule has 2 aromatic rings. The van der Waals surface area contributed by atoms with Gasteiger partial charge in [-0.3, -0.25) is 9.48 Å². The van der Waals surface area contributed by atoms with E-state index in [2.05, 4.69) is 10.4 Å². The van der Waals surface area contributed by atoms with Gasteiger partial charge < -0.3 is 10.4 Å². The number of carboxylic acids is 1. The van der Waals surface area contributed by atoms with Crippen molar-refractivity contribution in [2.24, 2.45) is 7.05 Å². The summed E-state index contributed by atoms with van der Waals surface area (Å²) in [6.45, 7) is 0. The van der Waals surface area contributed by atoms with Gasteiger partial charge in [0.25, 0.3) is 5.91 Å². The summed E-state index contributed by atoms with van der Waals surface area (Å²) in [5.41, 5.74) is -1.97. The molecule has 2 rings (SSSR count). The van der Waals surface area contributed by atoms with Crippen LogP contribution < -0.4 is 5.32 Å². The number of hydrogen-bond donors (Lipinski definition) is 2. The summed E-state index contributed by atoms with van der Waals surface area (Å²) in [7, 11) is 1.26. The van der Waals surface area contributed by atoms with E-state index in [1.165, 1.54) is 25.2 Å². The molecular formula is C13H10F3N3O3. The number of anilines is 1. The van der Waals surface area contributed by atoms with E-state index in [0.717, 1.165) is 16.9 Å². The third kappa shape index (κ3) is 3.25. The Kier molecular flexibility index (Phi) is 3.89. The Morgan fingerprint density at radius 3 is 2.59 bits per heavy atom. The molecule has 0 aliphatic heterocycles. The number of amides is 1. The van der Waals surface area contributed by atoms with E-state index < -0.39 is 29.3 Å². The first-order valence-electron chi connectivity index (χ1n) is 5.94. The number of aryl methyl sites for hydroxylation is 1. The van der Waals surface area contributed by atoms with Crippen LogP contribution in [0.2, 0.25) is 0 Å². The zero-order valence-electron chi connectivity index (χ0n) is 11.2. The monoisotopic (exact) mass is 313 g/mol. The number of rotatable bonds is 3. The molecule has 0 radical (unpaired) electrons. The van der Waals surface area contributed by atoms with Crippen molar-refractivity contribution < 1.29 is 27.9 Å². The fraction of sp³-hybridized carbons (Fsp3) is 0.154. The summed E-state index contributed by atoms with van der Waals surface area (Å²) in [6.07, 6.45) is -3.82. The highest BCUT2D eigenvalue weighted by Gasteiger charge is 2.39. The fourth-order valence-electron chi connectivity index (χ4n) is 1.79. The minimum atomic E-state index is -4.77. The van der Waals surface area contributed by atoms with Crippen molar-refractivity contribution in [2.45, 2.75) is 6.18 Å². The average Bonchev–Trinajstić information content (AvgIpc) is 2.81. The van der Waals surface area contributed by atoms with Gasteiger partial charge in [-0.05, 0) is 18.2 Å². The highest BCUT2D eigenvalue weighted by Crippen LogP contribution is 2.30. The number of nitrogens with one attached hydrogen (secondary N) is 1. The van der Waals surface area contributed by atoms with Crippen molar-refractivity contribution in [3.05, 3.63) is 47.3 Å². The maximum atomic E-state index is 12.8. The molecule has 1 amide bonds. The van der Waals surface area contributed by atoms with E-state index in [4.69, 9.17) is 5.11 Å². The van der Waals surface area contributed by atoms with Crippen molar-refractivity contribution in [1.29, 1.82) is 0 Å². The maximum Gasteiger partial charge on any atom is 0.435 e. The second kappa shape index (κ2) is 5.51. The molecule has 0 aliphatic rings. The standard InChI is InChI=1S/C13H10F3N3O3/c1-19-6-9(10(18-19)13(14,15)16)11(20)17-8-4-2-3-7(5-8)12(21)22/h2-6H,1H3,(H,17,20)(H,21,22). The minimum Gasteiger partial charge on any atom is -0.478 e. The Labute approximate surface area is 122 Å². The first kappa shape index (κ1) is 15.5. The molecule has 0 fully saturated rings. The number of aromatic nitrogens is 2. The Balaban J connectivity index is 2.30. The van der Waals surface area contributed by atoms with Crippen LogP contribution in [-0.2, 0) is 13.2 Å². The number of hydrogen-bond acceptors (Lipinski definition) is 3. The normalized spacial score (nSPS) is 11.3. The molecule has 9 heteroatoms. The number of aromatic carboxylic acids is 1. The first-order valence-corrected chi connectivity index (χ1v) is 5.94. The van der Waals surface area contributed by atoms with Crippen molar-refractivity contribution in [3.8, 4) is 0 Å². The predicted molar refractivity (Wildman–Crippen MR) is 69.6 cm³/mol. The molecular weight excluding hydrogens is 303 g/mol. The summed E-state index contributed by atoms with van der Waals surface area (Å²) >= 11 is 0. The van der Waals surface area contributed by atoms with Crippen LogP contribution in [-0.4, -0.2) is 26.8 Å². The lowest BCUT2D eigenvalue weighted by Crippen LogP contribution is -2.18. The Bertz CT molecular complexity index is 738. The number of nitrogens with zero attached hydrogens (tertiary/aromatic N) is 2. The largest absolute Gasteiger partial charge is 0.478 e. The zero-order chi connectivity index (χ0) is 16.5. The topological polar surface area (TPSA) is 84.2 Å². The molecule has 1 aromatic heterocycles. The molecule has 0 bridgehead atoms. The predicted octanol–water partition coefficient (Wildman–Crippen LogP) is 2.39. The Hall–Kier alpha value is -2.84. The molecule has 22 heavy (non-hydrogen) atoms. The second-order valence-corrected chi connectivity index (χ2v) is 4.40. The molecule has 1 heterocycles. The second-order valence-electron chi connectivity index (χ2n) is 4.40. The summed E-state index contributed by atoms with van der Waals surface area (Å²) in [5.74, 6) is -2.24. The lowest BCUT2D eigenvalue weighted by Gasteiger charge is -2.07. The molecule has 0 atom stereocenters. The molecule has 6 nitrogen and oxygen atoms in total. The van der Waals surface area contributed by atoms with Crippen molar-refractivity contribution >= 4 is 17.6 Å². The van der Waals surface area contributed by atoms with Crippen LogP contribution in [0.25, 0.3) is 0 Å². The Morgan fingerprint density at radius 1 is 1.32 bits per heavy atom. The Morgan fingerprint density at radius 2 is 2.00 bits per heavy atom. The molecule has 0 saturated carbocycles. The van der Waals surface area contributed by atoms with Crippen LogP contribution in [0, 0.1) is 0 Å². The van der Waals surface area contributed by atoms with Crippen LogP contribution in [0.3, 0.4) is 0 Å². The van der Waals surface area contributed by atoms with Gasteiger partial charge >= 0.3 is 12.1 Å². The van der Waals surface area contributed by atoms with E-state index in [1.807, 2.05) is 0 Å². The fourth-order valence-corrected chi connectivity index (χ4v) is 1.79. The van der Waals surface area contributed by atoms with E-state index in [1.54, 1.807) is 0 Å². The van der Waals surface area contributed by atoms with Crippen LogP contribution in [0.5, 0.6) is 0 Å². The quantitative estimate of drug-likeness (QED) is 0.911. The number of halogens is 3. The number of benzene rings is 1. The number of carbonyl (C=O) groups excluding carboxylic acids is 1.